The fourth-order valence-electron chi connectivity index (χ4n) is 0.878. The average molecular weight is 184 g/mol. The summed E-state index contributed by atoms with van der Waals surface area (Å²) in [7, 11) is 0. The number of hydrogen-bond donors (Lipinski definition) is 1. The number of aromatic nitrogens is 1. The Bertz CT molecular complexity index is 299. The van der Waals surface area contributed by atoms with E-state index < -0.39 is 6.10 Å². The molecule has 1 N–H and O–H groups in total. The Kier molecular flexibility index (Phi) is 2.84. The Morgan fingerprint density at radius 2 is 2.42 bits per heavy atom. The highest BCUT2D eigenvalue weighted by Gasteiger charge is 2.04. The molecule has 12 heavy (non-hydrogen) atoms. The average Bonchev–Trinajstić information content (AvgIpc) is 2.08. The molecular formula is C9H10ClNO. The summed E-state index contributed by atoms with van der Waals surface area (Å²) in [5, 5.41) is 9.81. The Morgan fingerprint density at radius 1 is 1.75 bits per heavy atom. The molecule has 0 aromatic carbocycles. The van der Waals surface area contributed by atoms with Crippen molar-refractivity contribution in [3.63, 3.8) is 0 Å². The van der Waals surface area contributed by atoms with Gasteiger partial charge in [-0.25, -0.2) is 4.98 Å². The molecule has 0 spiro atoms. The van der Waals surface area contributed by atoms with Crippen LogP contribution in [0.25, 0.3) is 0 Å². The van der Waals surface area contributed by atoms with E-state index in [1.807, 2.05) is 6.92 Å². The Balaban J connectivity index is 3.04. The van der Waals surface area contributed by atoms with Gasteiger partial charge in [0.05, 0.1) is 6.10 Å². The van der Waals surface area contributed by atoms with Gasteiger partial charge in [-0.1, -0.05) is 17.7 Å². The number of aliphatic hydroxyl groups excluding tert-OH is 1. The van der Waals surface area contributed by atoms with Crippen LogP contribution in [-0.4, -0.2) is 10.1 Å². The Hall–Kier alpha value is -0.860. The normalized spacial score (nSPS) is 12.6. The van der Waals surface area contributed by atoms with Gasteiger partial charge in [0.15, 0.2) is 0 Å². The fourth-order valence-corrected chi connectivity index (χ4v) is 0.981. The predicted octanol–water partition coefficient (Wildman–Crippen LogP) is 2.26. The highest BCUT2D eigenvalue weighted by molar-refractivity contribution is 6.30. The van der Waals surface area contributed by atoms with Gasteiger partial charge in [0.25, 0.3) is 0 Å². The Morgan fingerprint density at radius 3 is 2.92 bits per heavy atom. The number of pyridine rings is 1. The van der Waals surface area contributed by atoms with E-state index in [2.05, 4.69) is 11.6 Å². The molecule has 3 heteroatoms. The van der Waals surface area contributed by atoms with Crippen LogP contribution in [0.3, 0.4) is 0 Å². The number of aryl methyl sites for hydroxylation is 1. The molecule has 0 radical (unpaired) electrons. The lowest BCUT2D eigenvalue weighted by Crippen LogP contribution is -1.94. The molecule has 0 aliphatic carbocycles. The van der Waals surface area contributed by atoms with Gasteiger partial charge >= 0.3 is 0 Å². The van der Waals surface area contributed by atoms with Gasteiger partial charge in [-0.05, 0) is 18.6 Å². The van der Waals surface area contributed by atoms with E-state index in [0.717, 1.165) is 5.56 Å². The first-order valence-electron chi connectivity index (χ1n) is 3.58. The minimum absolute atomic E-state index is 0.468. The number of halogens is 1. The summed E-state index contributed by atoms with van der Waals surface area (Å²) in [4.78, 5) is 3.91. The van der Waals surface area contributed by atoms with Gasteiger partial charge in [0.2, 0.25) is 0 Å². The van der Waals surface area contributed by atoms with Crippen LogP contribution in [0, 0.1) is 6.92 Å². The maximum Gasteiger partial charge on any atom is 0.131 e. The monoisotopic (exact) mass is 183 g/mol. The lowest BCUT2D eigenvalue weighted by Gasteiger charge is -2.05. The van der Waals surface area contributed by atoms with Gasteiger partial charge < -0.3 is 5.11 Å². The smallest absolute Gasteiger partial charge is 0.131 e. The highest BCUT2D eigenvalue weighted by atomic mass is 35.5. The molecule has 0 bridgehead atoms. The third kappa shape index (κ3) is 1.84. The zero-order chi connectivity index (χ0) is 9.14. The lowest BCUT2D eigenvalue weighted by atomic mass is 10.1. The van der Waals surface area contributed by atoms with Crippen LogP contribution in [0.4, 0.5) is 0 Å². The summed E-state index contributed by atoms with van der Waals surface area (Å²) in [6.45, 7) is 5.32. The van der Waals surface area contributed by atoms with Gasteiger partial charge in [-0.15, -0.1) is 6.58 Å². The van der Waals surface area contributed by atoms with E-state index in [1.54, 1.807) is 12.3 Å². The molecule has 0 aliphatic heterocycles. The largest absolute Gasteiger partial charge is 0.384 e. The zero-order valence-electron chi connectivity index (χ0n) is 6.79. The van der Waals surface area contributed by atoms with Gasteiger partial charge in [-0.3, -0.25) is 0 Å². The molecule has 0 aliphatic rings. The van der Waals surface area contributed by atoms with Crippen LogP contribution in [0.15, 0.2) is 24.9 Å². The van der Waals surface area contributed by atoms with Gasteiger partial charge in [0, 0.05) is 11.8 Å². The summed E-state index contributed by atoms with van der Waals surface area (Å²) < 4.78 is 0. The third-order valence-electron chi connectivity index (χ3n) is 1.60. The van der Waals surface area contributed by atoms with Crippen LogP contribution >= 0.6 is 11.6 Å². The first-order chi connectivity index (χ1) is 5.65. The maximum absolute atomic E-state index is 9.34. The molecule has 1 atom stereocenters. The lowest BCUT2D eigenvalue weighted by molar-refractivity contribution is 0.228. The fraction of sp³-hybridized carbons (Fsp3) is 0.222. The summed E-state index contributed by atoms with van der Waals surface area (Å²) in [5.74, 6) is 0. The Labute approximate surface area is 76.5 Å². The van der Waals surface area contributed by atoms with E-state index in [4.69, 9.17) is 11.6 Å². The second kappa shape index (κ2) is 3.70. The molecule has 0 saturated carbocycles. The second-order valence-electron chi connectivity index (χ2n) is 2.56. The molecule has 64 valence electrons. The summed E-state index contributed by atoms with van der Waals surface area (Å²) >= 11 is 5.71. The van der Waals surface area contributed by atoms with Crippen LogP contribution in [0.5, 0.6) is 0 Å². The van der Waals surface area contributed by atoms with Crippen molar-refractivity contribution in [2.24, 2.45) is 0 Å². The first-order valence-corrected chi connectivity index (χ1v) is 3.95. The zero-order valence-corrected chi connectivity index (χ0v) is 7.54. The summed E-state index contributed by atoms with van der Waals surface area (Å²) in [6, 6.07) is 1.79. The topological polar surface area (TPSA) is 33.1 Å². The van der Waals surface area contributed by atoms with Crippen LogP contribution in [0.2, 0.25) is 5.15 Å². The van der Waals surface area contributed by atoms with Gasteiger partial charge in [-0.2, -0.15) is 0 Å². The van der Waals surface area contributed by atoms with Crippen molar-refractivity contribution < 1.29 is 5.11 Å². The molecular weight excluding hydrogens is 174 g/mol. The van der Waals surface area contributed by atoms with Crippen LogP contribution in [-0.2, 0) is 0 Å². The second-order valence-corrected chi connectivity index (χ2v) is 2.91. The number of hydrogen-bond acceptors (Lipinski definition) is 2. The molecule has 2 nitrogen and oxygen atoms in total. The number of nitrogens with zero attached hydrogens (tertiary/aromatic N) is 1. The molecule has 1 unspecified atom stereocenters. The molecule has 0 fully saturated rings. The van der Waals surface area contributed by atoms with E-state index in [1.165, 1.54) is 6.08 Å². The number of aliphatic hydroxyl groups is 1. The van der Waals surface area contributed by atoms with E-state index in [9.17, 15) is 5.11 Å². The minimum Gasteiger partial charge on any atom is -0.384 e. The van der Waals surface area contributed by atoms with Crippen LogP contribution < -0.4 is 0 Å². The molecule has 1 aromatic heterocycles. The summed E-state index contributed by atoms with van der Waals surface area (Å²) in [5.41, 5.74) is 1.57. The van der Waals surface area contributed by atoms with Crippen LogP contribution in [0.1, 0.15) is 17.2 Å². The van der Waals surface area contributed by atoms with Crippen molar-refractivity contribution >= 4 is 11.6 Å². The maximum atomic E-state index is 9.34. The molecule has 0 saturated heterocycles. The summed E-state index contributed by atoms with van der Waals surface area (Å²) in [6.07, 6.45) is 2.33. The van der Waals surface area contributed by atoms with E-state index in [0.29, 0.717) is 10.7 Å². The van der Waals surface area contributed by atoms with Crippen molar-refractivity contribution in [1.29, 1.82) is 0 Å². The van der Waals surface area contributed by atoms with E-state index >= 15 is 0 Å². The van der Waals surface area contributed by atoms with Crippen molar-refractivity contribution in [3.05, 3.63) is 41.2 Å². The van der Waals surface area contributed by atoms with E-state index in [-0.39, 0.29) is 0 Å². The van der Waals surface area contributed by atoms with Crippen molar-refractivity contribution in [2.75, 3.05) is 0 Å². The number of rotatable bonds is 2. The van der Waals surface area contributed by atoms with Crippen molar-refractivity contribution in [3.8, 4) is 0 Å². The van der Waals surface area contributed by atoms with Gasteiger partial charge in [0.1, 0.15) is 5.15 Å². The third-order valence-corrected chi connectivity index (χ3v) is 2.00. The first kappa shape index (κ1) is 9.23. The van der Waals surface area contributed by atoms with Crippen molar-refractivity contribution in [2.45, 2.75) is 13.0 Å². The van der Waals surface area contributed by atoms with Crippen molar-refractivity contribution in [1.82, 2.24) is 4.98 Å². The molecule has 1 rings (SSSR count). The SMILES string of the molecule is C=CC(O)c1cnc(Cl)c(C)c1. The molecule has 1 aromatic rings. The molecule has 1 heterocycles. The quantitative estimate of drug-likeness (QED) is 0.564. The molecule has 0 amide bonds. The standard InChI is InChI=1S/C9H10ClNO/c1-3-8(12)7-4-6(2)9(10)11-5-7/h3-5,8,12H,1H2,2H3. The predicted molar refractivity (Wildman–Crippen MR) is 49.1 cm³/mol. The highest BCUT2D eigenvalue weighted by Crippen LogP contribution is 2.18. The minimum atomic E-state index is -0.659.